The van der Waals surface area contributed by atoms with Crippen LogP contribution in [-0.4, -0.2) is 83.8 Å². The molecule has 0 aliphatic carbocycles. The summed E-state index contributed by atoms with van der Waals surface area (Å²) in [7, 11) is 0. The molecular weight excluding hydrogens is 673 g/mol. The molecule has 12 nitrogen and oxygen atoms in total. The standard InChI is InChI=1S/C38H42N4O8S/c1-5-18-48-35(45)27(24-19-39-20-24)28(25-16-17-40-32(25)43)26-21-51-34-29(41-37(47)50-38(2,3)4)33(44)42(34)30(26)36(46)49-31(22-12-8-6-9-13-22)23-14-10-7-11-15-23/h5-15,24,27,29,31,34,39H,1,16-21H2,2-4H3,(H,40,43)(H,41,47)/t27?,29-,34-/m1/s1. The van der Waals surface area contributed by atoms with E-state index in [1.165, 1.54) is 22.7 Å². The molecule has 3 fully saturated rings. The molecule has 0 bridgehead atoms. The number of esters is 2. The molecule has 0 aromatic heterocycles. The molecule has 1 unspecified atom stereocenters. The van der Waals surface area contributed by atoms with Crippen LogP contribution in [-0.2, 0) is 33.4 Å². The highest BCUT2D eigenvalue weighted by molar-refractivity contribution is 8.00. The van der Waals surface area contributed by atoms with Crippen molar-refractivity contribution in [2.75, 3.05) is 32.0 Å². The van der Waals surface area contributed by atoms with Gasteiger partial charge in [0.05, 0.1) is 5.92 Å². The summed E-state index contributed by atoms with van der Waals surface area (Å²) in [6.45, 7) is 10.1. The molecule has 2 aromatic carbocycles. The predicted molar refractivity (Wildman–Crippen MR) is 190 cm³/mol. The van der Waals surface area contributed by atoms with Crippen molar-refractivity contribution < 1.29 is 38.2 Å². The predicted octanol–water partition coefficient (Wildman–Crippen LogP) is 3.76. The van der Waals surface area contributed by atoms with Crippen LogP contribution >= 0.6 is 11.8 Å². The molecule has 0 radical (unpaired) electrons. The van der Waals surface area contributed by atoms with Crippen molar-refractivity contribution in [3.63, 3.8) is 0 Å². The summed E-state index contributed by atoms with van der Waals surface area (Å²) < 4.78 is 17.4. The molecule has 6 rings (SSSR count). The Balaban J connectivity index is 1.48. The van der Waals surface area contributed by atoms with Gasteiger partial charge in [-0.15, -0.1) is 11.8 Å². The summed E-state index contributed by atoms with van der Waals surface area (Å²) in [4.78, 5) is 70.2. The van der Waals surface area contributed by atoms with E-state index in [2.05, 4.69) is 22.5 Å². The molecule has 3 saturated heterocycles. The van der Waals surface area contributed by atoms with Crippen LogP contribution < -0.4 is 16.0 Å². The van der Waals surface area contributed by atoms with Crippen LogP contribution in [0, 0.1) is 11.8 Å². The van der Waals surface area contributed by atoms with Gasteiger partial charge in [-0.05, 0) is 49.5 Å². The van der Waals surface area contributed by atoms with E-state index in [-0.39, 0.29) is 29.9 Å². The van der Waals surface area contributed by atoms with E-state index < -0.39 is 53.0 Å². The number of hydrogen-bond acceptors (Lipinski definition) is 10. The number of hydrogen-bond donors (Lipinski definition) is 3. The number of carbonyl (C=O) groups excluding carboxylic acids is 5. The molecule has 0 spiro atoms. The minimum Gasteiger partial charge on any atom is -0.461 e. The normalized spacial score (nSPS) is 21.8. The van der Waals surface area contributed by atoms with Gasteiger partial charge in [-0.3, -0.25) is 19.3 Å². The van der Waals surface area contributed by atoms with Gasteiger partial charge in [-0.2, -0.15) is 0 Å². The van der Waals surface area contributed by atoms with E-state index in [9.17, 15) is 24.0 Å². The maximum atomic E-state index is 14.8. The summed E-state index contributed by atoms with van der Waals surface area (Å²) in [5.74, 6) is -3.26. The minimum atomic E-state index is -0.983. The maximum absolute atomic E-state index is 14.8. The quantitative estimate of drug-likeness (QED) is 0.103. The van der Waals surface area contributed by atoms with Crippen LogP contribution in [0.5, 0.6) is 0 Å². The Morgan fingerprint density at radius 1 is 1.04 bits per heavy atom. The number of ether oxygens (including phenoxy) is 3. The van der Waals surface area contributed by atoms with E-state index in [0.29, 0.717) is 53.9 Å². The molecule has 3 atom stereocenters. The van der Waals surface area contributed by atoms with E-state index in [1.54, 1.807) is 20.8 Å². The first kappa shape index (κ1) is 35.9. The van der Waals surface area contributed by atoms with Gasteiger partial charge in [-0.1, -0.05) is 73.3 Å². The highest BCUT2D eigenvalue weighted by Crippen LogP contribution is 2.47. The monoisotopic (exact) mass is 714 g/mol. The lowest BCUT2D eigenvalue weighted by atomic mass is 9.76. The molecule has 268 valence electrons. The van der Waals surface area contributed by atoms with Crippen LogP contribution in [0.1, 0.15) is 44.4 Å². The first-order valence-electron chi connectivity index (χ1n) is 17.0. The van der Waals surface area contributed by atoms with Gasteiger partial charge in [0.2, 0.25) is 5.91 Å². The Morgan fingerprint density at radius 2 is 1.69 bits per heavy atom. The molecule has 3 amide bonds. The molecule has 4 aliphatic heterocycles. The number of amides is 3. The third-order valence-electron chi connectivity index (χ3n) is 9.04. The topological polar surface area (TPSA) is 152 Å². The molecule has 3 N–H and O–H groups in total. The highest BCUT2D eigenvalue weighted by atomic mass is 32.2. The second kappa shape index (κ2) is 15.2. The molecule has 13 heteroatoms. The summed E-state index contributed by atoms with van der Waals surface area (Å²) in [5, 5.41) is 8.03. The van der Waals surface area contributed by atoms with Crippen LogP contribution in [0.3, 0.4) is 0 Å². The Hall–Kier alpha value is -4.88. The summed E-state index contributed by atoms with van der Waals surface area (Å²) in [6.07, 6.45) is 0.174. The van der Waals surface area contributed by atoms with E-state index in [1.807, 2.05) is 60.7 Å². The maximum Gasteiger partial charge on any atom is 0.408 e. The van der Waals surface area contributed by atoms with Gasteiger partial charge in [0.15, 0.2) is 6.10 Å². The molecule has 2 aromatic rings. The van der Waals surface area contributed by atoms with Crippen molar-refractivity contribution >= 4 is 41.6 Å². The van der Waals surface area contributed by atoms with Gasteiger partial charge < -0.3 is 30.2 Å². The molecule has 4 aliphatic rings. The lowest BCUT2D eigenvalue weighted by Gasteiger charge is -2.50. The largest absolute Gasteiger partial charge is 0.461 e. The third kappa shape index (κ3) is 7.59. The molecule has 0 saturated carbocycles. The highest BCUT2D eigenvalue weighted by Gasteiger charge is 2.56. The number of rotatable bonds is 11. The zero-order valence-electron chi connectivity index (χ0n) is 28.8. The van der Waals surface area contributed by atoms with Crippen molar-refractivity contribution in [1.82, 2.24) is 20.9 Å². The Labute approximate surface area is 301 Å². The number of nitrogens with one attached hydrogen (secondary N) is 3. The third-order valence-corrected chi connectivity index (χ3v) is 10.3. The molecule has 51 heavy (non-hydrogen) atoms. The van der Waals surface area contributed by atoms with Gasteiger partial charge in [0.25, 0.3) is 5.91 Å². The SMILES string of the molecule is C=CCOC(=O)C(C(=C1CCNC1=O)C1=C(C(=O)OC(c2ccccc2)c2ccccc2)N2C(=O)[C@@H](NC(=O)OC(C)(C)C)[C@H]2SC1)C1CNC1. The summed E-state index contributed by atoms with van der Waals surface area (Å²) in [6, 6.07) is 17.5. The van der Waals surface area contributed by atoms with Crippen LogP contribution in [0.2, 0.25) is 0 Å². The smallest absolute Gasteiger partial charge is 0.408 e. The van der Waals surface area contributed by atoms with Crippen LogP contribution in [0.25, 0.3) is 0 Å². The molecular formula is C38H42N4O8S. The number of nitrogens with zero attached hydrogens (tertiary/aromatic N) is 1. The fourth-order valence-electron chi connectivity index (χ4n) is 6.66. The fourth-order valence-corrected chi connectivity index (χ4v) is 8.02. The average Bonchev–Trinajstić information content (AvgIpc) is 3.51. The van der Waals surface area contributed by atoms with Gasteiger partial charge in [-0.25, -0.2) is 9.59 Å². The average molecular weight is 715 g/mol. The zero-order chi connectivity index (χ0) is 36.3. The second-order valence-corrected chi connectivity index (χ2v) is 14.8. The number of benzene rings is 2. The number of fused-ring (bicyclic) bond motifs is 1. The Kier molecular flexibility index (Phi) is 10.7. The summed E-state index contributed by atoms with van der Waals surface area (Å²) in [5.41, 5.74) is 1.64. The number of β-lactam (4-membered cyclic amide) rings is 1. The minimum absolute atomic E-state index is 0.0342. The number of carbonyl (C=O) groups is 5. The Morgan fingerprint density at radius 3 is 2.22 bits per heavy atom. The number of thioether (sulfide) groups is 1. The molecule has 4 heterocycles. The second-order valence-electron chi connectivity index (χ2n) is 13.7. The van der Waals surface area contributed by atoms with Crippen molar-refractivity contribution in [2.24, 2.45) is 11.8 Å². The van der Waals surface area contributed by atoms with E-state index in [4.69, 9.17) is 14.2 Å². The van der Waals surface area contributed by atoms with Crippen molar-refractivity contribution in [3.8, 4) is 0 Å². The van der Waals surface area contributed by atoms with Gasteiger partial charge in [0, 0.05) is 36.9 Å². The number of alkyl carbamates (subject to hydrolysis) is 1. The summed E-state index contributed by atoms with van der Waals surface area (Å²) >= 11 is 1.32. The fraction of sp³-hybridized carbons (Fsp3) is 0.395. The van der Waals surface area contributed by atoms with E-state index in [0.717, 1.165) is 0 Å². The van der Waals surface area contributed by atoms with Gasteiger partial charge in [0.1, 0.15) is 29.3 Å². The lowest BCUT2D eigenvalue weighted by molar-refractivity contribution is -0.154. The Bertz CT molecular complexity index is 1730. The van der Waals surface area contributed by atoms with Crippen molar-refractivity contribution in [1.29, 1.82) is 0 Å². The van der Waals surface area contributed by atoms with Crippen molar-refractivity contribution in [3.05, 3.63) is 107 Å². The van der Waals surface area contributed by atoms with Crippen LogP contribution in [0.15, 0.2) is 95.7 Å². The zero-order valence-corrected chi connectivity index (χ0v) is 29.6. The van der Waals surface area contributed by atoms with Crippen molar-refractivity contribution in [2.45, 2.75) is 50.3 Å². The first-order chi connectivity index (χ1) is 24.5. The van der Waals surface area contributed by atoms with Gasteiger partial charge >= 0.3 is 18.0 Å². The lowest BCUT2D eigenvalue weighted by Crippen LogP contribution is -2.71. The first-order valence-corrected chi connectivity index (χ1v) is 18.0. The van der Waals surface area contributed by atoms with Crippen LogP contribution in [0.4, 0.5) is 4.79 Å². The van der Waals surface area contributed by atoms with E-state index >= 15 is 0 Å².